The summed E-state index contributed by atoms with van der Waals surface area (Å²) in [6.45, 7) is 0.198. The molecule has 0 radical (unpaired) electrons. The van der Waals surface area contributed by atoms with E-state index in [4.69, 9.17) is 25.8 Å². The topological polar surface area (TPSA) is 107 Å². The lowest BCUT2D eigenvalue weighted by Crippen LogP contribution is -2.42. The normalized spacial score (nSPS) is 19.1. The lowest BCUT2D eigenvalue weighted by Gasteiger charge is -2.37. The maximum absolute atomic E-state index is 14.6. The molecule has 0 saturated carbocycles. The van der Waals surface area contributed by atoms with Gasteiger partial charge in [0, 0.05) is 24.7 Å². The minimum atomic E-state index is -1.14. The molecule has 3 heterocycles. The summed E-state index contributed by atoms with van der Waals surface area (Å²) >= 11 is 5.84. The Morgan fingerprint density at radius 3 is 2.78 bits per heavy atom. The molecule has 0 aliphatic carbocycles. The standard InChI is InChI=1S/C29H26ClF2N3O6/c1-39-25(36)14-16-4-5-18-17-8-10-33-22(15-17)23(3-2-12-40-28(37)34-21(18)13-16)35-11-9-24(41-29(35)38)26-20(31)7-6-19(30)27(26)32/h4-8,10,13,15,23-24H,2-3,9,11-12,14H2,1H3,(H,34,37)/t23-,24+/m0/s1. The Morgan fingerprint density at radius 1 is 1.17 bits per heavy atom. The second kappa shape index (κ2) is 12.1. The molecule has 1 aromatic heterocycles. The smallest absolute Gasteiger partial charge is 0.411 e. The number of aromatic nitrogens is 1. The Balaban J connectivity index is 1.46. The summed E-state index contributed by atoms with van der Waals surface area (Å²) in [5.74, 6) is -2.23. The van der Waals surface area contributed by atoms with Crippen molar-refractivity contribution in [3.63, 3.8) is 0 Å². The van der Waals surface area contributed by atoms with Gasteiger partial charge in [-0.2, -0.15) is 0 Å². The number of amides is 2. The summed E-state index contributed by atoms with van der Waals surface area (Å²) < 4.78 is 44.7. The molecule has 1 saturated heterocycles. The zero-order chi connectivity index (χ0) is 29.1. The lowest BCUT2D eigenvalue weighted by molar-refractivity contribution is -0.139. The van der Waals surface area contributed by atoms with Crippen LogP contribution in [0.5, 0.6) is 0 Å². The summed E-state index contributed by atoms with van der Waals surface area (Å²) in [6, 6.07) is 10.3. The van der Waals surface area contributed by atoms with Gasteiger partial charge in [-0.3, -0.25) is 20.0 Å². The summed E-state index contributed by atoms with van der Waals surface area (Å²) in [7, 11) is 1.30. The van der Waals surface area contributed by atoms with Crippen LogP contribution >= 0.6 is 11.6 Å². The van der Waals surface area contributed by atoms with Crippen LogP contribution in [0.15, 0.2) is 48.7 Å². The van der Waals surface area contributed by atoms with Crippen LogP contribution in [0, 0.1) is 11.6 Å². The van der Waals surface area contributed by atoms with Crippen LogP contribution < -0.4 is 5.32 Å². The Labute approximate surface area is 239 Å². The molecule has 3 aromatic rings. The molecule has 41 heavy (non-hydrogen) atoms. The first-order chi connectivity index (χ1) is 19.7. The van der Waals surface area contributed by atoms with E-state index < -0.39 is 41.9 Å². The van der Waals surface area contributed by atoms with Crippen molar-refractivity contribution in [3.05, 3.63) is 82.1 Å². The third-order valence-corrected chi connectivity index (χ3v) is 7.36. The van der Waals surface area contributed by atoms with Gasteiger partial charge in [0.25, 0.3) is 0 Å². The number of rotatable bonds is 4. The fourth-order valence-corrected chi connectivity index (χ4v) is 5.23. The van der Waals surface area contributed by atoms with E-state index in [1.165, 1.54) is 12.0 Å². The van der Waals surface area contributed by atoms with Gasteiger partial charge in [-0.15, -0.1) is 0 Å². The first-order valence-corrected chi connectivity index (χ1v) is 13.3. The number of anilines is 1. The number of halogens is 3. The van der Waals surface area contributed by atoms with Gasteiger partial charge in [0.1, 0.15) is 11.9 Å². The molecule has 2 aliphatic rings. The maximum atomic E-state index is 14.6. The number of nitrogens with zero attached hydrogens (tertiary/aromatic N) is 2. The number of hydrogen-bond acceptors (Lipinski definition) is 7. The van der Waals surface area contributed by atoms with Gasteiger partial charge in [0.15, 0.2) is 5.82 Å². The summed E-state index contributed by atoms with van der Waals surface area (Å²) in [6.07, 6.45) is -0.0388. The van der Waals surface area contributed by atoms with E-state index in [2.05, 4.69) is 10.3 Å². The Kier molecular flexibility index (Phi) is 8.34. The van der Waals surface area contributed by atoms with E-state index in [9.17, 15) is 23.2 Å². The number of pyridine rings is 1. The number of carbonyl (C=O) groups excluding carboxylic acids is 3. The zero-order valence-corrected chi connectivity index (χ0v) is 22.7. The monoisotopic (exact) mass is 585 g/mol. The van der Waals surface area contributed by atoms with Crippen LogP contribution in [0.3, 0.4) is 0 Å². The van der Waals surface area contributed by atoms with Gasteiger partial charge in [-0.05, 0) is 54.3 Å². The molecule has 0 unspecified atom stereocenters. The Bertz CT molecular complexity index is 1500. The maximum Gasteiger partial charge on any atom is 0.411 e. The highest BCUT2D eigenvalue weighted by atomic mass is 35.5. The van der Waals surface area contributed by atoms with Crippen LogP contribution in [0.4, 0.5) is 24.1 Å². The third kappa shape index (κ3) is 6.09. The van der Waals surface area contributed by atoms with Gasteiger partial charge in [-0.25, -0.2) is 18.4 Å². The molecule has 1 fully saturated rings. The minimum absolute atomic E-state index is 0.0191. The van der Waals surface area contributed by atoms with Crippen LogP contribution in [0.25, 0.3) is 11.1 Å². The van der Waals surface area contributed by atoms with E-state index in [0.29, 0.717) is 40.9 Å². The number of hydrogen-bond donors (Lipinski definition) is 1. The van der Waals surface area contributed by atoms with Crippen molar-refractivity contribution in [2.75, 3.05) is 25.6 Å². The van der Waals surface area contributed by atoms with Crippen LogP contribution in [-0.4, -0.2) is 48.3 Å². The van der Waals surface area contributed by atoms with Gasteiger partial charge < -0.3 is 14.2 Å². The summed E-state index contributed by atoms with van der Waals surface area (Å²) in [5.41, 5.74) is 2.59. The average Bonchev–Trinajstić information content (AvgIpc) is 2.95. The second-order valence-corrected chi connectivity index (χ2v) is 10.0. The predicted molar refractivity (Wildman–Crippen MR) is 144 cm³/mol. The number of methoxy groups -OCH3 is 1. The first-order valence-electron chi connectivity index (χ1n) is 13.0. The number of cyclic esters (lactones) is 2. The van der Waals surface area contributed by atoms with E-state index in [1.54, 1.807) is 30.5 Å². The van der Waals surface area contributed by atoms with E-state index in [1.807, 2.05) is 6.07 Å². The summed E-state index contributed by atoms with van der Waals surface area (Å²) in [4.78, 5) is 43.6. The van der Waals surface area contributed by atoms with Crippen LogP contribution in [0.2, 0.25) is 5.02 Å². The molecular weight excluding hydrogens is 560 g/mol. The molecule has 9 nitrogen and oxygen atoms in total. The predicted octanol–water partition coefficient (Wildman–Crippen LogP) is 6.36. The number of esters is 1. The SMILES string of the molecule is COC(=O)Cc1ccc2c(c1)NC(=O)OCCC[C@H](N1CC[C@H](c3c(F)ccc(Cl)c3F)OC1=O)c1cc-2ccn1. The van der Waals surface area contributed by atoms with E-state index in [-0.39, 0.29) is 36.6 Å². The van der Waals surface area contributed by atoms with Crippen LogP contribution in [-0.2, 0) is 25.4 Å². The van der Waals surface area contributed by atoms with E-state index in [0.717, 1.165) is 12.1 Å². The highest BCUT2D eigenvalue weighted by Crippen LogP contribution is 2.38. The molecule has 12 heteroatoms. The van der Waals surface area contributed by atoms with Gasteiger partial charge >= 0.3 is 18.2 Å². The molecule has 2 atom stereocenters. The molecule has 2 aromatic carbocycles. The number of fused-ring (bicyclic) bond motifs is 4. The fraction of sp³-hybridized carbons (Fsp3) is 0.310. The molecule has 214 valence electrons. The molecule has 2 aliphatic heterocycles. The number of carbonyl (C=O) groups is 3. The molecular formula is C29H26ClF2N3O6. The number of nitrogens with one attached hydrogen (secondary N) is 1. The zero-order valence-electron chi connectivity index (χ0n) is 22.0. The highest BCUT2D eigenvalue weighted by Gasteiger charge is 2.37. The molecule has 2 amide bonds. The van der Waals surface area contributed by atoms with Crippen LogP contribution in [0.1, 0.15) is 48.2 Å². The van der Waals surface area contributed by atoms with Gasteiger partial charge in [0.05, 0.1) is 48.1 Å². The highest BCUT2D eigenvalue weighted by molar-refractivity contribution is 6.30. The molecule has 5 rings (SSSR count). The minimum Gasteiger partial charge on any atom is -0.469 e. The van der Waals surface area contributed by atoms with Crippen molar-refractivity contribution in [2.45, 2.75) is 37.8 Å². The Morgan fingerprint density at radius 2 is 2.00 bits per heavy atom. The quantitative estimate of drug-likeness (QED) is 0.216. The molecule has 1 N–H and O–H groups in total. The molecule has 0 spiro atoms. The number of benzene rings is 2. The van der Waals surface area contributed by atoms with Gasteiger partial charge in [0.2, 0.25) is 0 Å². The fourth-order valence-electron chi connectivity index (χ4n) is 5.06. The van der Waals surface area contributed by atoms with Crippen molar-refractivity contribution in [1.82, 2.24) is 9.88 Å². The average molecular weight is 586 g/mol. The van der Waals surface area contributed by atoms with Gasteiger partial charge in [-0.1, -0.05) is 23.7 Å². The number of ether oxygens (including phenoxy) is 3. The lowest BCUT2D eigenvalue weighted by atomic mass is 9.97. The largest absolute Gasteiger partial charge is 0.469 e. The van der Waals surface area contributed by atoms with Crippen molar-refractivity contribution >= 4 is 35.4 Å². The van der Waals surface area contributed by atoms with Crippen molar-refractivity contribution in [2.24, 2.45) is 0 Å². The third-order valence-electron chi connectivity index (χ3n) is 7.07. The van der Waals surface area contributed by atoms with Crippen molar-refractivity contribution in [1.29, 1.82) is 0 Å². The van der Waals surface area contributed by atoms with Crippen molar-refractivity contribution < 1.29 is 37.4 Å². The van der Waals surface area contributed by atoms with E-state index >= 15 is 0 Å². The summed E-state index contributed by atoms with van der Waals surface area (Å²) in [5, 5.41) is 2.48. The molecule has 2 bridgehead atoms. The Hall–Kier alpha value is -4.25. The first kappa shape index (κ1) is 28.3. The van der Waals surface area contributed by atoms with Crippen molar-refractivity contribution in [3.8, 4) is 11.1 Å². The second-order valence-electron chi connectivity index (χ2n) is 9.63.